The van der Waals surface area contributed by atoms with Crippen molar-refractivity contribution in [3.63, 3.8) is 0 Å². The Balaban J connectivity index is 1.61. The standard InChI is InChI=1S/C17H29N5O/c1-13(5-8-22-9-11-23-12-10-22)19-17-15-3-6-18-7-4-16(15)20-14(2)21-17/h13,18H,3-12H2,1-2H3,(H,19,20,21). The van der Waals surface area contributed by atoms with Crippen LogP contribution in [0, 0.1) is 6.92 Å². The normalized spacial score (nSPS) is 20.6. The number of nitrogens with zero attached hydrogens (tertiary/aromatic N) is 3. The molecule has 2 N–H and O–H groups in total. The molecule has 3 rings (SSSR count). The van der Waals surface area contributed by atoms with E-state index in [1.807, 2.05) is 6.92 Å². The van der Waals surface area contributed by atoms with Gasteiger partial charge in [-0.15, -0.1) is 0 Å². The smallest absolute Gasteiger partial charge is 0.133 e. The quantitative estimate of drug-likeness (QED) is 0.844. The number of morpholine rings is 1. The van der Waals surface area contributed by atoms with E-state index in [9.17, 15) is 0 Å². The first-order valence-corrected chi connectivity index (χ1v) is 8.86. The fourth-order valence-electron chi connectivity index (χ4n) is 3.29. The van der Waals surface area contributed by atoms with Gasteiger partial charge in [0.25, 0.3) is 0 Å². The van der Waals surface area contributed by atoms with Gasteiger partial charge in [0.2, 0.25) is 0 Å². The Labute approximate surface area is 139 Å². The molecule has 1 aromatic rings. The molecule has 3 heterocycles. The predicted molar refractivity (Wildman–Crippen MR) is 92.0 cm³/mol. The van der Waals surface area contributed by atoms with E-state index in [0.717, 1.165) is 76.8 Å². The molecule has 2 aliphatic heterocycles. The molecule has 1 saturated heterocycles. The Bertz CT molecular complexity index is 516. The van der Waals surface area contributed by atoms with Crippen molar-refractivity contribution in [1.29, 1.82) is 0 Å². The largest absolute Gasteiger partial charge is 0.379 e. The lowest BCUT2D eigenvalue weighted by Crippen LogP contribution is -2.38. The first-order valence-electron chi connectivity index (χ1n) is 8.86. The zero-order chi connectivity index (χ0) is 16.1. The highest BCUT2D eigenvalue weighted by Gasteiger charge is 2.17. The summed E-state index contributed by atoms with van der Waals surface area (Å²) >= 11 is 0. The summed E-state index contributed by atoms with van der Waals surface area (Å²) in [5.41, 5.74) is 2.52. The lowest BCUT2D eigenvalue weighted by atomic mass is 10.1. The topological polar surface area (TPSA) is 62.3 Å². The molecule has 0 amide bonds. The summed E-state index contributed by atoms with van der Waals surface area (Å²) in [5, 5.41) is 7.09. The minimum atomic E-state index is 0.410. The molecule has 23 heavy (non-hydrogen) atoms. The fourth-order valence-corrected chi connectivity index (χ4v) is 3.29. The Kier molecular flexibility index (Phi) is 5.80. The summed E-state index contributed by atoms with van der Waals surface area (Å²) in [7, 11) is 0. The second-order valence-electron chi connectivity index (χ2n) is 6.58. The number of nitrogens with one attached hydrogen (secondary N) is 2. The predicted octanol–water partition coefficient (Wildman–Crippen LogP) is 0.996. The van der Waals surface area contributed by atoms with Gasteiger partial charge in [-0.3, -0.25) is 4.90 Å². The van der Waals surface area contributed by atoms with Crippen LogP contribution in [-0.2, 0) is 17.6 Å². The number of aromatic nitrogens is 2. The van der Waals surface area contributed by atoms with Gasteiger partial charge in [0.15, 0.2) is 0 Å². The third kappa shape index (κ3) is 4.62. The summed E-state index contributed by atoms with van der Waals surface area (Å²) in [4.78, 5) is 11.8. The molecule has 1 atom stereocenters. The van der Waals surface area contributed by atoms with Gasteiger partial charge >= 0.3 is 0 Å². The van der Waals surface area contributed by atoms with Gasteiger partial charge in [-0.1, -0.05) is 0 Å². The summed E-state index contributed by atoms with van der Waals surface area (Å²) in [5.74, 6) is 1.92. The minimum absolute atomic E-state index is 0.410. The highest BCUT2D eigenvalue weighted by Crippen LogP contribution is 2.20. The number of hydrogen-bond donors (Lipinski definition) is 2. The maximum atomic E-state index is 5.41. The average molecular weight is 319 g/mol. The molecule has 0 aromatic carbocycles. The van der Waals surface area contributed by atoms with Crippen molar-refractivity contribution in [3.05, 3.63) is 17.1 Å². The number of aryl methyl sites for hydroxylation is 1. The van der Waals surface area contributed by atoms with Crippen LogP contribution in [-0.4, -0.2) is 66.8 Å². The van der Waals surface area contributed by atoms with E-state index >= 15 is 0 Å². The van der Waals surface area contributed by atoms with E-state index in [2.05, 4.69) is 32.4 Å². The molecule has 2 aliphatic rings. The van der Waals surface area contributed by atoms with Crippen LogP contribution >= 0.6 is 0 Å². The van der Waals surface area contributed by atoms with Gasteiger partial charge in [-0.05, 0) is 33.2 Å². The molecule has 1 unspecified atom stereocenters. The molecule has 6 nitrogen and oxygen atoms in total. The summed E-state index contributed by atoms with van der Waals surface area (Å²) < 4.78 is 5.41. The molecular weight excluding hydrogens is 290 g/mol. The van der Waals surface area contributed by atoms with E-state index in [1.165, 1.54) is 11.3 Å². The Hall–Kier alpha value is -1.24. The van der Waals surface area contributed by atoms with Crippen molar-refractivity contribution in [2.75, 3.05) is 51.3 Å². The highest BCUT2D eigenvalue weighted by atomic mass is 16.5. The van der Waals surface area contributed by atoms with Crippen LogP contribution < -0.4 is 10.6 Å². The van der Waals surface area contributed by atoms with Crippen molar-refractivity contribution in [3.8, 4) is 0 Å². The van der Waals surface area contributed by atoms with Gasteiger partial charge in [0, 0.05) is 44.2 Å². The molecule has 128 valence electrons. The van der Waals surface area contributed by atoms with Crippen molar-refractivity contribution < 1.29 is 4.74 Å². The van der Waals surface area contributed by atoms with E-state index in [1.54, 1.807) is 0 Å². The van der Waals surface area contributed by atoms with Crippen LogP contribution in [0.15, 0.2) is 0 Å². The van der Waals surface area contributed by atoms with Crippen LogP contribution in [0.1, 0.15) is 30.4 Å². The second kappa shape index (κ2) is 8.04. The van der Waals surface area contributed by atoms with Gasteiger partial charge in [-0.25, -0.2) is 9.97 Å². The lowest BCUT2D eigenvalue weighted by Gasteiger charge is -2.28. The van der Waals surface area contributed by atoms with Crippen molar-refractivity contribution >= 4 is 5.82 Å². The zero-order valence-corrected chi connectivity index (χ0v) is 14.4. The van der Waals surface area contributed by atoms with Crippen LogP contribution in [0.5, 0.6) is 0 Å². The molecule has 0 bridgehead atoms. The van der Waals surface area contributed by atoms with Crippen LogP contribution in [0.3, 0.4) is 0 Å². The first kappa shape index (κ1) is 16.6. The third-order valence-corrected chi connectivity index (χ3v) is 4.66. The molecule has 0 saturated carbocycles. The van der Waals surface area contributed by atoms with E-state index < -0.39 is 0 Å². The first-order chi connectivity index (χ1) is 11.2. The monoisotopic (exact) mass is 319 g/mol. The molecule has 0 radical (unpaired) electrons. The van der Waals surface area contributed by atoms with Crippen LogP contribution in [0.2, 0.25) is 0 Å². The summed E-state index contributed by atoms with van der Waals surface area (Å²) in [6, 6.07) is 0.410. The molecule has 1 aromatic heterocycles. The van der Waals surface area contributed by atoms with Gasteiger partial charge < -0.3 is 15.4 Å². The van der Waals surface area contributed by atoms with Crippen molar-refractivity contribution in [1.82, 2.24) is 20.2 Å². The maximum Gasteiger partial charge on any atom is 0.133 e. The average Bonchev–Trinajstić information content (AvgIpc) is 2.79. The third-order valence-electron chi connectivity index (χ3n) is 4.66. The van der Waals surface area contributed by atoms with E-state index in [0.29, 0.717) is 6.04 Å². The molecule has 1 fully saturated rings. The molecule has 0 spiro atoms. The molecule has 6 heteroatoms. The zero-order valence-electron chi connectivity index (χ0n) is 14.4. The summed E-state index contributed by atoms with van der Waals surface area (Å²) in [6.07, 6.45) is 3.12. The molecule has 0 aliphatic carbocycles. The summed E-state index contributed by atoms with van der Waals surface area (Å²) in [6.45, 7) is 11.2. The van der Waals surface area contributed by atoms with Gasteiger partial charge in [0.1, 0.15) is 11.6 Å². The number of fused-ring (bicyclic) bond motifs is 1. The Morgan fingerprint density at radius 1 is 1.22 bits per heavy atom. The SMILES string of the molecule is Cc1nc2c(c(NC(C)CCN3CCOCC3)n1)CCNCC2. The van der Waals surface area contributed by atoms with E-state index in [-0.39, 0.29) is 0 Å². The number of anilines is 1. The number of rotatable bonds is 5. The molecular formula is C17H29N5O. The fraction of sp³-hybridized carbons (Fsp3) is 0.765. The number of hydrogen-bond acceptors (Lipinski definition) is 6. The maximum absolute atomic E-state index is 5.41. The Morgan fingerprint density at radius 3 is 2.83 bits per heavy atom. The van der Waals surface area contributed by atoms with Crippen molar-refractivity contribution in [2.24, 2.45) is 0 Å². The highest BCUT2D eigenvalue weighted by molar-refractivity contribution is 5.48. The minimum Gasteiger partial charge on any atom is -0.379 e. The number of ether oxygens (including phenoxy) is 1. The van der Waals surface area contributed by atoms with Gasteiger partial charge in [0.05, 0.1) is 18.9 Å². The van der Waals surface area contributed by atoms with Crippen LogP contribution in [0.25, 0.3) is 0 Å². The van der Waals surface area contributed by atoms with Crippen molar-refractivity contribution in [2.45, 2.75) is 39.2 Å². The van der Waals surface area contributed by atoms with Gasteiger partial charge in [-0.2, -0.15) is 0 Å². The van der Waals surface area contributed by atoms with E-state index in [4.69, 9.17) is 4.74 Å². The Morgan fingerprint density at radius 2 is 2.00 bits per heavy atom. The lowest BCUT2D eigenvalue weighted by molar-refractivity contribution is 0.0370. The van der Waals surface area contributed by atoms with Crippen LogP contribution in [0.4, 0.5) is 5.82 Å². The second-order valence-corrected chi connectivity index (χ2v) is 6.58.